The topological polar surface area (TPSA) is 43.4 Å². The third kappa shape index (κ3) is 3.65. The van der Waals surface area contributed by atoms with Gasteiger partial charge in [0.2, 0.25) is 0 Å². The predicted molar refractivity (Wildman–Crippen MR) is 57.5 cm³/mol. The summed E-state index contributed by atoms with van der Waals surface area (Å²) >= 11 is 0. The van der Waals surface area contributed by atoms with Gasteiger partial charge in [0, 0.05) is 0 Å². The maximum Gasteiger partial charge on any atom is 0.313 e. The maximum absolute atomic E-state index is 11.4. The molecule has 0 aromatic carbocycles. The minimum atomic E-state index is -0.355. The highest BCUT2D eigenvalue weighted by Gasteiger charge is 2.34. The van der Waals surface area contributed by atoms with Crippen LogP contribution in [0.15, 0.2) is 0 Å². The highest BCUT2D eigenvalue weighted by atomic mass is 16.6. The lowest BCUT2D eigenvalue weighted by Gasteiger charge is -2.35. The molecule has 1 fully saturated rings. The monoisotopic (exact) mass is 212 g/mol. The molecule has 0 heterocycles. The first-order valence-corrected chi connectivity index (χ1v) is 5.79. The van der Waals surface area contributed by atoms with E-state index in [2.05, 4.69) is 0 Å². The van der Waals surface area contributed by atoms with Crippen LogP contribution in [0.5, 0.6) is 0 Å². The first-order valence-electron chi connectivity index (χ1n) is 5.79. The fourth-order valence-electron chi connectivity index (χ4n) is 2.20. The van der Waals surface area contributed by atoms with Gasteiger partial charge in [-0.15, -0.1) is 0 Å². The standard InChI is InChI=1S/C12H20O3/c1-3-12(7-5-4-6-8-12)15-11(14)9-10(2)13/h3-9H2,1-2H3. The molecule has 0 amide bonds. The molecule has 0 aliphatic heterocycles. The van der Waals surface area contributed by atoms with Gasteiger partial charge in [0.05, 0.1) is 0 Å². The van der Waals surface area contributed by atoms with Crippen molar-refractivity contribution in [2.45, 2.75) is 64.4 Å². The molecule has 86 valence electrons. The summed E-state index contributed by atoms with van der Waals surface area (Å²) in [5.41, 5.74) is -0.273. The number of carbonyl (C=O) groups is 2. The van der Waals surface area contributed by atoms with Crippen LogP contribution in [0.1, 0.15) is 58.8 Å². The van der Waals surface area contributed by atoms with Crippen molar-refractivity contribution in [1.82, 2.24) is 0 Å². The van der Waals surface area contributed by atoms with Crippen molar-refractivity contribution < 1.29 is 14.3 Å². The summed E-state index contributed by atoms with van der Waals surface area (Å²) in [6.07, 6.45) is 6.16. The van der Waals surface area contributed by atoms with Crippen molar-refractivity contribution in [3.63, 3.8) is 0 Å². The second-order valence-electron chi connectivity index (χ2n) is 4.45. The molecule has 15 heavy (non-hydrogen) atoms. The van der Waals surface area contributed by atoms with Gasteiger partial charge in [0.15, 0.2) is 0 Å². The van der Waals surface area contributed by atoms with Gasteiger partial charge in [-0.2, -0.15) is 0 Å². The number of hydrogen-bond donors (Lipinski definition) is 0. The van der Waals surface area contributed by atoms with Crippen LogP contribution < -0.4 is 0 Å². The molecule has 0 aromatic heterocycles. The van der Waals surface area contributed by atoms with Crippen molar-refractivity contribution in [3.05, 3.63) is 0 Å². The fraction of sp³-hybridized carbons (Fsp3) is 0.833. The van der Waals surface area contributed by atoms with Crippen molar-refractivity contribution in [2.24, 2.45) is 0 Å². The Hall–Kier alpha value is -0.860. The van der Waals surface area contributed by atoms with Crippen molar-refractivity contribution in [3.8, 4) is 0 Å². The van der Waals surface area contributed by atoms with Gasteiger partial charge in [0.1, 0.15) is 17.8 Å². The van der Waals surface area contributed by atoms with Crippen LogP contribution in [0.2, 0.25) is 0 Å². The minimum Gasteiger partial charge on any atom is -0.459 e. The van der Waals surface area contributed by atoms with Gasteiger partial charge >= 0.3 is 5.97 Å². The molecule has 0 unspecified atom stereocenters. The van der Waals surface area contributed by atoms with Crippen LogP contribution in [0, 0.1) is 0 Å². The molecule has 0 saturated heterocycles. The number of ether oxygens (including phenoxy) is 1. The summed E-state index contributed by atoms with van der Waals surface area (Å²) in [5.74, 6) is -0.478. The molecule has 3 heteroatoms. The molecule has 1 aliphatic carbocycles. The van der Waals surface area contributed by atoms with Crippen molar-refractivity contribution in [1.29, 1.82) is 0 Å². The number of hydrogen-bond acceptors (Lipinski definition) is 3. The highest BCUT2D eigenvalue weighted by molar-refractivity contribution is 5.94. The average molecular weight is 212 g/mol. The SMILES string of the molecule is CCC1(OC(=O)CC(C)=O)CCCCC1. The first-order chi connectivity index (χ1) is 7.08. The van der Waals surface area contributed by atoms with E-state index in [-0.39, 0.29) is 23.8 Å². The van der Waals surface area contributed by atoms with Crippen molar-refractivity contribution in [2.75, 3.05) is 0 Å². The lowest BCUT2D eigenvalue weighted by atomic mass is 9.83. The van der Waals surface area contributed by atoms with E-state index in [1.165, 1.54) is 13.3 Å². The van der Waals surface area contributed by atoms with E-state index in [1.54, 1.807) is 0 Å². The Bertz CT molecular complexity index is 239. The van der Waals surface area contributed by atoms with E-state index in [9.17, 15) is 9.59 Å². The molecule has 1 rings (SSSR count). The Morgan fingerprint density at radius 2 is 1.80 bits per heavy atom. The van der Waals surface area contributed by atoms with E-state index < -0.39 is 0 Å². The van der Waals surface area contributed by atoms with Crippen LogP contribution in [0.3, 0.4) is 0 Å². The van der Waals surface area contributed by atoms with Gasteiger partial charge in [0.25, 0.3) is 0 Å². The molecule has 0 N–H and O–H groups in total. The van der Waals surface area contributed by atoms with E-state index in [1.807, 2.05) is 6.92 Å². The molecule has 0 spiro atoms. The number of rotatable bonds is 4. The molecule has 1 aliphatic rings. The van der Waals surface area contributed by atoms with Gasteiger partial charge in [-0.05, 0) is 39.0 Å². The van der Waals surface area contributed by atoms with Crippen LogP contribution in [0.25, 0.3) is 0 Å². The predicted octanol–water partition coefficient (Wildman–Crippen LogP) is 2.62. The van der Waals surface area contributed by atoms with Crippen LogP contribution in [-0.4, -0.2) is 17.4 Å². The molecule has 0 aromatic rings. The van der Waals surface area contributed by atoms with Gasteiger partial charge in [-0.25, -0.2) is 0 Å². The smallest absolute Gasteiger partial charge is 0.313 e. The van der Waals surface area contributed by atoms with E-state index >= 15 is 0 Å². The van der Waals surface area contributed by atoms with E-state index in [4.69, 9.17) is 4.74 Å². The van der Waals surface area contributed by atoms with Crippen LogP contribution >= 0.6 is 0 Å². The largest absolute Gasteiger partial charge is 0.459 e. The number of carbonyl (C=O) groups excluding carboxylic acids is 2. The zero-order valence-electron chi connectivity index (χ0n) is 9.67. The van der Waals surface area contributed by atoms with Gasteiger partial charge < -0.3 is 4.74 Å². The van der Waals surface area contributed by atoms with Gasteiger partial charge in [-0.3, -0.25) is 9.59 Å². The van der Waals surface area contributed by atoms with Gasteiger partial charge in [-0.1, -0.05) is 13.3 Å². The summed E-state index contributed by atoms with van der Waals surface area (Å²) in [5, 5.41) is 0. The molecular weight excluding hydrogens is 192 g/mol. The Morgan fingerprint density at radius 1 is 1.20 bits per heavy atom. The highest BCUT2D eigenvalue weighted by Crippen LogP contribution is 2.34. The van der Waals surface area contributed by atoms with E-state index in [0.29, 0.717) is 0 Å². The molecular formula is C12H20O3. The summed E-state index contributed by atoms with van der Waals surface area (Å²) in [7, 11) is 0. The Morgan fingerprint density at radius 3 is 2.27 bits per heavy atom. The number of ketones is 1. The maximum atomic E-state index is 11.4. The minimum absolute atomic E-state index is 0.0816. The molecule has 0 bridgehead atoms. The molecule has 0 atom stereocenters. The summed E-state index contributed by atoms with van der Waals surface area (Å²) < 4.78 is 5.48. The van der Waals surface area contributed by atoms with Crippen LogP contribution in [0.4, 0.5) is 0 Å². The Balaban J connectivity index is 2.51. The zero-order valence-corrected chi connectivity index (χ0v) is 9.67. The lowest BCUT2D eigenvalue weighted by Crippen LogP contribution is -2.37. The van der Waals surface area contributed by atoms with Crippen molar-refractivity contribution >= 4 is 11.8 Å². The summed E-state index contributed by atoms with van der Waals surface area (Å²) in [6, 6.07) is 0. The second kappa shape index (κ2) is 5.29. The summed E-state index contributed by atoms with van der Waals surface area (Å²) in [6.45, 7) is 3.47. The normalized spacial score (nSPS) is 19.6. The Kier molecular flexibility index (Phi) is 4.30. The second-order valence-corrected chi connectivity index (χ2v) is 4.45. The average Bonchev–Trinajstić information content (AvgIpc) is 2.17. The first kappa shape index (κ1) is 12.2. The third-order valence-electron chi connectivity index (χ3n) is 3.13. The lowest BCUT2D eigenvalue weighted by molar-refractivity contribution is -0.164. The molecule has 0 radical (unpaired) electrons. The summed E-state index contributed by atoms with van der Waals surface area (Å²) in [4.78, 5) is 22.2. The molecule has 1 saturated carbocycles. The quantitative estimate of drug-likeness (QED) is 0.531. The zero-order chi connectivity index (χ0) is 11.3. The fourth-order valence-corrected chi connectivity index (χ4v) is 2.20. The Labute approximate surface area is 91.2 Å². The van der Waals surface area contributed by atoms with E-state index in [0.717, 1.165) is 32.1 Å². The van der Waals surface area contributed by atoms with Crippen LogP contribution in [-0.2, 0) is 14.3 Å². The molecule has 3 nitrogen and oxygen atoms in total. The third-order valence-corrected chi connectivity index (χ3v) is 3.13. The number of Topliss-reactive ketones (excluding diaryl/α,β-unsaturated/α-hetero) is 1. The number of esters is 1.